The van der Waals surface area contributed by atoms with Crippen LogP contribution >= 0.6 is 7.60 Å². The first-order valence-electron chi connectivity index (χ1n) is 5.78. The van der Waals surface area contributed by atoms with Crippen molar-refractivity contribution in [1.82, 2.24) is 0 Å². The van der Waals surface area contributed by atoms with Crippen LogP contribution in [-0.4, -0.2) is 9.79 Å². The molecule has 3 nitrogen and oxygen atoms in total. The van der Waals surface area contributed by atoms with Crippen molar-refractivity contribution in [1.29, 1.82) is 0 Å². The Hall–Kier alpha value is -1.88. The summed E-state index contributed by atoms with van der Waals surface area (Å²) < 4.78 is 53.2. The molecule has 0 aliphatic carbocycles. The van der Waals surface area contributed by atoms with Gasteiger partial charge in [0.05, 0.1) is 0 Å². The standard InChI is InChI=1S/C14H10F3O3P/c15-11-7-3-1-5-9(11)13(17)14(21(18,19)20)10-6-2-4-8-12(10)16/h1-8H,(H2,18,19,20). The van der Waals surface area contributed by atoms with Crippen LogP contribution in [-0.2, 0) is 4.57 Å². The van der Waals surface area contributed by atoms with Crippen LogP contribution in [0.25, 0.3) is 11.1 Å². The van der Waals surface area contributed by atoms with Gasteiger partial charge in [0.2, 0.25) is 0 Å². The molecule has 7 heteroatoms. The van der Waals surface area contributed by atoms with Crippen LogP contribution < -0.4 is 0 Å². The van der Waals surface area contributed by atoms with Crippen LogP contribution in [0.15, 0.2) is 48.5 Å². The van der Waals surface area contributed by atoms with Crippen LogP contribution in [0.5, 0.6) is 0 Å². The summed E-state index contributed by atoms with van der Waals surface area (Å²) in [5.41, 5.74) is -1.24. The quantitative estimate of drug-likeness (QED) is 0.666. The third kappa shape index (κ3) is 3.24. The molecule has 0 amide bonds. The lowest BCUT2D eigenvalue weighted by molar-refractivity contribution is 0.388. The smallest absolute Gasteiger partial charge is 0.321 e. The van der Waals surface area contributed by atoms with Crippen LogP contribution in [0.2, 0.25) is 0 Å². The normalized spacial score (nSPS) is 13.0. The molecule has 0 bridgehead atoms. The second-order valence-electron chi connectivity index (χ2n) is 4.17. The van der Waals surface area contributed by atoms with Gasteiger partial charge in [-0.25, -0.2) is 13.2 Å². The van der Waals surface area contributed by atoms with Crippen molar-refractivity contribution >= 4 is 18.7 Å². The van der Waals surface area contributed by atoms with Crippen LogP contribution in [0.4, 0.5) is 13.2 Å². The predicted molar refractivity (Wildman–Crippen MR) is 72.8 cm³/mol. The number of halogens is 3. The lowest BCUT2D eigenvalue weighted by Crippen LogP contribution is -1.96. The van der Waals surface area contributed by atoms with Gasteiger partial charge in [-0.3, -0.25) is 4.57 Å². The summed E-state index contributed by atoms with van der Waals surface area (Å²) in [5.74, 6) is -3.51. The Bertz CT molecular complexity index is 753. The maximum atomic E-state index is 14.4. The van der Waals surface area contributed by atoms with E-state index < -0.39 is 41.5 Å². The van der Waals surface area contributed by atoms with Crippen molar-refractivity contribution in [2.75, 3.05) is 0 Å². The molecule has 0 aliphatic heterocycles. The van der Waals surface area contributed by atoms with E-state index in [2.05, 4.69) is 0 Å². The van der Waals surface area contributed by atoms with E-state index in [1.54, 1.807) is 0 Å². The second kappa shape index (κ2) is 5.85. The Morgan fingerprint density at radius 2 is 1.29 bits per heavy atom. The summed E-state index contributed by atoms with van der Waals surface area (Å²) in [4.78, 5) is 18.6. The van der Waals surface area contributed by atoms with E-state index in [0.29, 0.717) is 0 Å². The number of hydrogen-bond acceptors (Lipinski definition) is 1. The van der Waals surface area contributed by atoms with Gasteiger partial charge in [0.25, 0.3) is 0 Å². The molecule has 0 fully saturated rings. The minimum absolute atomic E-state index is 0.605. The molecule has 0 atom stereocenters. The van der Waals surface area contributed by atoms with Gasteiger partial charge in [-0.05, 0) is 18.2 Å². The fraction of sp³-hybridized carbons (Fsp3) is 0. The molecule has 2 rings (SSSR count). The lowest BCUT2D eigenvalue weighted by atomic mass is 10.1. The highest BCUT2D eigenvalue weighted by molar-refractivity contribution is 7.63. The topological polar surface area (TPSA) is 57.5 Å². The average Bonchev–Trinajstić information content (AvgIpc) is 2.40. The number of hydrogen-bond donors (Lipinski definition) is 2. The van der Waals surface area contributed by atoms with E-state index in [1.165, 1.54) is 24.3 Å². The minimum Gasteiger partial charge on any atom is -0.321 e. The van der Waals surface area contributed by atoms with E-state index >= 15 is 0 Å². The van der Waals surface area contributed by atoms with Crippen LogP contribution in [0.1, 0.15) is 11.1 Å². The van der Waals surface area contributed by atoms with Crippen molar-refractivity contribution < 1.29 is 27.5 Å². The Balaban J connectivity index is 2.79. The second-order valence-corrected chi connectivity index (χ2v) is 5.70. The molecular weight excluding hydrogens is 304 g/mol. The molecule has 21 heavy (non-hydrogen) atoms. The zero-order valence-electron chi connectivity index (χ0n) is 10.5. The summed E-state index contributed by atoms with van der Waals surface area (Å²) in [6.45, 7) is 0. The molecular formula is C14H10F3O3P. The molecule has 0 saturated heterocycles. The van der Waals surface area contributed by atoms with Crippen molar-refractivity contribution in [3.8, 4) is 0 Å². The summed E-state index contributed by atoms with van der Waals surface area (Å²) in [5, 5.41) is -1.18. The molecule has 2 N–H and O–H groups in total. The minimum atomic E-state index is -5.17. The predicted octanol–water partition coefficient (Wildman–Crippen LogP) is 3.94. The Kier molecular flexibility index (Phi) is 4.32. The van der Waals surface area contributed by atoms with Gasteiger partial charge in [0.1, 0.15) is 22.8 Å². The molecule has 2 aromatic carbocycles. The maximum absolute atomic E-state index is 14.4. The van der Waals surface area contributed by atoms with E-state index in [9.17, 15) is 27.5 Å². The first-order valence-corrected chi connectivity index (χ1v) is 7.39. The fourth-order valence-electron chi connectivity index (χ4n) is 1.82. The number of benzene rings is 2. The first-order chi connectivity index (χ1) is 9.82. The largest absolute Gasteiger partial charge is 0.359 e. The third-order valence-corrected chi connectivity index (χ3v) is 3.76. The van der Waals surface area contributed by atoms with E-state index in [4.69, 9.17) is 0 Å². The van der Waals surface area contributed by atoms with E-state index in [1.807, 2.05) is 0 Å². The zero-order valence-corrected chi connectivity index (χ0v) is 11.4. The molecule has 0 aliphatic rings. The molecule has 0 radical (unpaired) electrons. The highest BCUT2D eigenvalue weighted by Crippen LogP contribution is 2.55. The molecule has 110 valence electrons. The Morgan fingerprint density at radius 3 is 1.71 bits per heavy atom. The molecule has 0 spiro atoms. The number of rotatable bonds is 3. The van der Waals surface area contributed by atoms with Crippen molar-refractivity contribution in [2.24, 2.45) is 0 Å². The van der Waals surface area contributed by atoms with Crippen molar-refractivity contribution in [2.45, 2.75) is 0 Å². The average molecular weight is 314 g/mol. The highest BCUT2D eigenvalue weighted by atomic mass is 31.2. The summed E-state index contributed by atoms with van der Waals surface area (Å²) >= 11 is 0. The van der Waals surface area contributed by atoms with Gasteiger partial charge in [0.15, 0.2) is 0 Å². The van der Waals surface area contributed by atoms with Crippen LogP contribution in [0.3, 0.4) is 0 Å². The van der Waals surface area contributed by atoms with Gasteiger partial charge in [-0.15, -0.1) is 0 Å². The maximum Gasteiger partial charge on any atom is 0.359 e. The van der Waals surface area contributed by atoms with Crippen molar-refractivity contribution in [3.05, 3.63) is 71.3 Å². The summed E-state index contributed by atoms with van der Waals surface area (Å²) in [7, 11) is -5.17. The van der Waals surface area contributed by atoms with Gasteiger partial charge in [-0.1, -0.05) is 30.3 Å². The first kappa shape index (κ1) is 15.5. The van der Waals surface area contributed by atoms with E-state index in [0.717, 1.165) is 24.3 Å². The van der Waals surface area contributed by atoms with E-state index in [-0.39, 0.29) is 0 Å². The third-order valence-electron chi connectivity index (χ3n) is 2.74. The molecule has 2 aromatic rings. The lowest BCUT2D eigenvalue weighted by Gasteiger charge is -2.13. The van der Waals surface area contributed by atoms with Crippen LogP contribution in [0, 0.1) is 11.6 Å². The zero-order chi connectivity index (χ0) is 15.6. The van der Waals surface area contributed by atoms with Gasteiger partial charge in [-0.2, -0.15) is 0 Å². The SMILES string of the molecule is O=P(O)(O)C(=C(F)c1ccccc1F)c1ccccc1F. The highest BCUT2D eigenvalue weighted by Gasteiger charge is 2.31. The monoisotopic (exact) mass is 314 g/mol. The molecule has 0 heterocycles. The molecule has 0 saturated carbocycles. The Morgan fingerprint density at radius 1 is 0.857 bits per heavy atom. The molecule has 0 unspecified atom stereocenters. The summed E-state index contributed by atoms with van der Waals surface area (Å²) in [6, 6.07) is 9.08. The van der Waals surface area contributed by atoms with Gasteiger partial charge >= 0.3 is 7.60 Å². The fourth-order valence-corrected chi connectivity index (χ4v) is 2.69. The van der Waals surface area contributed by atoms with Crippen molar-refractivity contribution in [3.63, 3.8) is 0 Å². The summed E-state index contributed by atoms with van der Waals surface area (Å²) in [6.07, 6.45) is 0. The molecule has 0 aromatic heterocycles. The van der Waals surface area contributed by atoms with Gasteiger partial charge < -0.3 is 9.79 Å². The Labute approximate surface area is 118 Å². The van der Waals surface area contributed by atoms with Gasteiger partial charge in [0, 0.05) is 11.1 Å².